The average Bonchev–Trinajstić information content (AvgIpc) is 3.84. The van der Waals surface area contributed by atoms with E-state index < -0.39 is 0 Å². The van der Waals surface area contributed by atoms with E-state index in [1.54, 1.807) is 0 Å². The molecule has 0 amide bonds. The van der Waals surface area contributed by atoms with Crippen LogP contribution in [-0.4, -0.2) is 19.4 Å². The monoisotopic (exact) mass is 654 g/mol. The SMILES string of the molecule is C=C(/C=C\C=C/C)c1nc(-c2ccccc2)nc(-c2cccc(-c3cccc4oc5cc6c7cccc8c9ccccc9n(c6cc5c34)c87)c2)n1. The third-order valence-corrected chi connectivity index (χ3v) is 9.83. The van der Waals surface area contributed by atoms with Crippen LogP contribution in [0.15, 0.2) is 163 Å². The molecule has 4 heterocycles. The molecule has 5 nitrogen and oxygen atoms in total. The molecule has 0 bridgehead atoms. The Morgan fingerprint density at radius 2 is 1.29 bits per heavy atom. The highest BCUT2D eigenvalue weighted by atomic mass is 16.3. The highest BCUT2D eigenvalue weighted by molar-refractivity contribution is 6.26. The molecule has 10 rings (SSSR count). The van der Waals surface area contributed by atoms with Crippen molar-refractivity contribution in [2.45, 2.75) is 6.92 Å². The molecule has 0 aliphatic rings. The molecule has 0 aliphatic carbocycles. The van der Waals surface area contributed by atoms with Gasteiger partial charge in [0.15, 0.2) is 17.5 Å². The Balaban J connectivity index is 1.17. The van der Waals surface area contributed by atoms with E-state index in [4.69, 9.17) is 19.4 Å². The summed E-state index contributed by atoms with van der Waals surface area (Å²) < 4.78 is 9.02. The highest BCUT2D eigenvalue weighted by Gasteiger charge is 2.21. The van der Waals surface area contributed by atoms with Crippen LogP contribution in [0.5, 0.6) is 0 Å². The predicted octanol–water partition coefficient (Wildman–Crippen LogP) is 12.1. The number of para-hydroxylation sites is 2. The van der Waals surface area contributed by atoms with Crippen LogP contribution >= 0.6 is 0 Å². The van der Waals surface area contributed by atoms with Crippen molar-refractivity contribution in [1.29, 1.82) is 0 Å². The zero-order valence-electron chi connectivity index (χ0n) is 27.8. The van der Waals surface area contributed by atoms with Crippen molar-refractivity contribution in [3.05, 3.63) is 164 Å². The number of allylic oxidation sites excluding steroid dienone is 5. The van der Waals surface area contributed by atoms with Crippen molar-refractivity contribution in [1.82, 2.24) is 19.4 Å². The van der Waals surface area contributed by atoms with Crippen molar-refractivity contribution in [2.75, 3.05) is 0 Å². The Morgan fingerprint density at radius 3 is 2.16 bits per heavy atom. The van der Waals surface area contributed by atoms with Crippen LogP contribution in [0, 0.1) is 0 Å². The third kappa shape index (κ3) is 4.52. The molecule has 6 aromatic carbocycles. The number of aromatic nitrogens is 4. The molecule has 5 heteroatoms. The molecule has 0 aliphatic heterocycles. The molecule has 10 aromatic rings. The first-order chi connectivity index (χ1) is 25.2. The van der Waals surface area contributed by atoms with E-state index in [1.807, 2.05) is 61.6 Å². The number of rotatable bonds is 6. The van der Waals surface area contributed by atoms with Crippen molar-refractivity contribution in [3.63, 3.8) is 0 Å². The molecule has 0 spiro atoms. The maximum atomic E-state index is 6.60. The summed E-state index contributed by atoms with van der Waals surface area (Å²) in [5, 5.41) is 7.14. The van der Waals surface area contributed by atoms with Crippen LogP contribution in [0.4, 0.5) is 0 Å². The lowest BCUT2D eigenvalue weighted by atomic mass is 9.97. The van der Waals surface area contributed by atoms with Gasteiger partial charge in [0.2, 0.25) is 0 Å². The third-order valence-electron chi connectivity index (χ3n) is 9.83. The summed E-state index contributed by atoms with van der Waals surface area (Å²) in [5.74, 6) is 1.73. The lowest BCUT2D eigenvalue weighted by Crippen LogP contribution is -2.02. The van der Waals surface area contributed by atoms with Crippen LogP contribution in [0.1, 0.15) is 12.7 Å². The summed E-state index contributed by atoms with van der Waals surface area (Å²) in [7, 11) is 0. The quantitative estimate of drug-likeness (QED) is 0.167. The molecule has 240 valence electrons. The van der Waals surface area contributed by atoms with Gasteiger partial charge in [-0.1, -0.05) is 128 Å². The number of benzene rings is 6. The van der Waals surface area contributed by atoms with E-state index in [2.05, 4.69) is 108 Å². The van der Waals surface area contributed by atoms with Gasteiger partial charge in [-0.15, -0.1) is 0 Å². The fourth-order valence-corrected chi connectivity index (χ4v) is 7.54. The van der Waals surface area contributed by atoms with Crippen molar-refractivity contribution in [2.24, 2.45) is 0 Å². The van der Waals surface area contributed by atoms with E-state index in [9.17, 15) is 0 Å². The Bertz CT molecular complexity index is 3050. The van der Waals surface area contributed by atoms with Gasteiger partial charge in [0.1, 0.15) is 11.2 Å². The van der Waals surface area contributed by atoms with E-state index in [-0.39, 0.29) is 0 Å². The molecule has 0 radical (unpaired) electrons. The Kier molecular flexibility index (Phi) is 6.48. The van der Waals surface area contributed by atoms with Crippen molar-refractivity contribution >= 4 is 65.6 Å². The largest absolute Gasteiger partial charge is 0.456 e. The summed E-state index contributed by atoms with van der Waals surface area (Å²) in [4.78, 5) is 14.7. The Hall–Kier alpha value is -6.85. The minimum absolute atomic E-state index is 0.537. The van der Waals surface area contributed by atoms with Crippen LogP contribution in [-0.2, 0) is 0 Å². The van der Waals surface area contributed by atoms with E-state index >= 15 is 0 Å². The molecular weight excluding hydrogens is 625 g/mol. The minimum Gasteiger partial charge on any atom is -0.456 e. The summed E-state index contributed by atoms with van der Waals surface area (Å²) in [5.41, 5.74) is 10.0. The standard InChI is InChI=1S/C46H30N4O/c1-3-4-6-14-28(2)44-47-45(29-15-7-5-8-16-29)49-46(48-44)31-18-11-17-30(25-31)32-20-13-24-40-42(32)37-26-39-36(27-41(37)51-40)35-22-12-21-34-33-19-9-10-23-38(33)50(39)43(34)35/h3-27H,2H2,1H3/b4-3-,14-6-. The second-order valence-corrected chi connectivity index (χ2v) is 12.9. The van der Waals surface area contributed by atoms with E-state index in [0.717, 1.165) is 44.2 Å². The van der Waals surface area contributed by atoms with Crippen LogP contribution in [0.2, 0.25) is 0 Å². The van der Waals surface area contributed by atoms with Gasteiger partial charge in [-0.3, -0.25) is 0 Å². The van der Waals surface area contributed by atoms with Gasteiger partial charge >= 0.3 is 0 Å². The number of fused-ring (bicyclic) bond motifs is 9. The Morgan fingerprint density at radius 1 is 0.588 bits per heavy atom. The molecule has 0 saturated heterocycles. The normalized spacial score (nSPS) is 12.3. The maximum Gasteiger partial charge on any atom is 0.164 e. The molecule has 0 fully saturated rings. The first-order valence-electron chi connectivity index (χ1n) is 17.1. The fourth-order valence-electron chi connectivity index (χ4n) is 7.54. The summed E-state index contributed by atoms with van der Waals surface area (Å²) in [6.07, 6.45) is 7.80. The van der Waals surface area contributed by atoms with Crippen molar-refractivity contribution in [3.8, 4) is 33.9 Å². The van der Waals surface area contributed by atoms with Gasteiger partial charge in [0, 0.05) is 49.0 Å². The molecule has 0 atom stereocenters. The van der Waals surface area contributed by atoms with Gasteiger partial charge in [-0.05, 0) is 48.4 Å². The highest BCUT2D eigenvalue weighted by Crippen LogP contribution is 2.44. The molecule has 51 heavy (non-hydrogen) atoms. The lowest BCUT2D eigenvalue weighted by molar-refractivity contribution is 0.669. The second-order valence-electron chi connectivity index (χ2n) is 12.9. The van der Waals surface area contributed by atoms with Crippen molar-refractivity contribution < 1.29 is 4.42 Å². The number of hydrogen-bond donors (Lipinski definition) is 0. The van der Waals surface area contributed by atoms with Crippen LogP contribution < -0.4 is 0 Å². The van der Waals surface area contributed by atoms with Gasteiger partial charge in [-0.2, -0.15) is 0 Å². The summed E-state index contributed by atoms with van der Waals surface area (Å²) >= 11 is 0. The smallest absolute Gasteiger partial charge is 0.164 e. The summed E-state index contributed by atoms with van der Waals surface area (Å²) in [6.45, 7) is 6.25. The molecule has 4 aromatic heterocycles. The van der Waals surface area contributed by atoms with E-state index in [1.165, 1.54) is 38.1 Å². The van der Waals surface area contributed by atoms with Crippen LogP contribution in [0.3, 0.4) is 0 Å². The maximum absolute atomic E-state index is 6.60. The summed E-state index contributed by atoms with van der Waals surface area (Å²) in [6, 6.07) is 44.5. The number of furan rings is 1. The first kappa shape index (κ1) is 29.1. The zero-order chi connectivity index (χ0) is 34.1. The number of nitrogens with zero attached hydrogens (tertiary/aromatic N) is 4. The Labute approximate surface area is 293 Å². The topological polar surface area (TPSA) is 56.2 Å². The average molecular weight is 655 g/mol. The van der Waals surface area contributed by atoms with Gasteiger partial charge < -0.3 is 8.82 Å². The fraction of sp³-hybridized carbons (Fsp3) is 0.0217. The predicted molar refractivity (Wildman–Crippen MR) is 211 cm³/mol. The lowest BCUT2D eigenvalue weighted by Gasteiger charge is -2.10. The van der Waals surface area contributed by atoms with Gasteiger partial charge in [0.25, 0.3) is 0 Å². The second kappa shape index (κ2) is 11.4. The molecule has 0 saturated carbocycles. The minimum atomic E-state index is 0.537. The molecular formula is C46H30N4O. The van der Waals surface area contributed by atoms with Crippen LogP contribution in [0.25, 0.3) is 99.5 Å². The zero-order valence-corrected chi connectivity index (χ0v) is 27.8. The van der Waals surface area contributed by atoms with Gasteiger partial charge in [-0.25, -0.2) is 15.0 Å². The molecule has 0 unspecified atom stereocenters. The molecule has 0 N–H and O–H groups in total. The van der Waals surface area contributed by atoms with Gasteiger partial charge in [0.05, 0.1) is 16.6 Å². The number of hydrogen-bond acceptors (Lipinski definition) is 4. The van der Waals surface area contributed by atoms with E-state index in [0.29, 0.717) is 23.0 Å². The first-order valence-corrected chi connectivity index (χ1v) is 17.1.